The first-order valence-electron chi connectivity index (χ1n) is 9.32. The number of ether oxygens (including phenoxy) is 2. The first-order valence-corrected chi connectivity index (χ1v) is 9.32. The second kappa shape index (κ2) is 8.20. The Morgan fingerprint density at radius 3 is 2.61 bits per heavy atom. The molecule has 0 radical (unpaired) electrons. The lowest BCUT2D eigenvalue weighted by Crippen LogP contribution is -2.41. The van der Waals surface area contributed by atoms with Crippen LogP contribution in [0.4, 0.5) is 11.5 Å². The molecule has 0 unspecified atom stereocenters. The van der Waals surface area contributed by atoms with Gasteiger partial charge >= 0.3 is 5.69 Å². The first kappa shape index (κ1) is 19.5. The van der Waals surface area contributed by atoms with Crippen LogP contribution in [0.1, 0.15) is 37.0 Å². The molecule has 0 saturated heterocycles. The SMILES string of the molecule is CCCCn1c(N)c(N(CC)C(=O)c2ccc3c(c2)OCCO3)c(=O)[nH]c1=O. The minimum Gasteiger partial charge on any atom is -0.486 e. The number of unbranched alkanes of at least 4 members (excludes halogenated alkanes) is 1. The van der Waals surface area contributed by atoms with Crippen LogP contribution in [0.5, 0.6) is 11.5 Å². The molecule has 9 heteroatoms. The summed E-state index contributed by atoms with van der Waals surface area (Å²) < 4.78 is 12.3. The summed E-state index contributed by atoms with van der Waals surface area (Å²) in [7, 11) is 0. The number of hydrogen-bond donors (Lipinski definition) is 2. The molecule has 0 fully saturated rings. The third kappa shape index (κ3) is 3.60. The van der Waals surface area contributed by atoms with E-state index in [0.717, 1.165) is 12.8 Å². The molecule has 1 amide bonds. The second-order valence-corrected chi connectivity index (χ2v) is 6.41. The van der Waals surface area contributed by atoms with E-state index in [0.29, 0.717) is 36.8 Å². The van der Waals surface area contributed by atoms with E-state index in [4.69, 9.17) is 15.2 Å². The third-order valence-electron chi connectivity index (χ3n) is 4.57. The van der Waals surface area contributed by atoms with Crippen LogP contribution in [-0.4, -0.2) is 35.2 Å². The van der Waals surface area contributed by atoms with E-state index in [1.165, 1.54) is 9.47 Å². The number of nitrogen functional groups attached to an aromatic ring is 1. The van der Waals surface area contributed by atoms with Crippen molar-refractivity contribution in [3.8, 4) is 11.5 Å². The molecule has 3 N–H and O–H groups in total. The van der Waals surface area contributed by atoms with E-state index in [-0.39, 0.29) is 18.1 Å². The summed E-state index contributed by atoms with van der Waals surface area (Å²) in [5, 5.41) is 0. The Labute approximate surface area is 161 Å². The number of rotatable bonds is 6. The molecule has 2 aromatic rings. The molecule has 0 bridgehead atoms. The number of nitrogens with two attached hydrogens (primary N) is 1. The lowest BCUT2D eigenvalue weighted by molar-refractivity contribution is 0.0986. The van der Waals surface area contributed by atoms with E-state index in [9.17, 15) is 14.4 Å². The van der Waals surface area contributed by atoms with Gasteiger partial charge in [0, 0.05) is 18.7 Å². The summed E-state index contributed by atoms with van der Waals surface area (Å²) in [6.45, 7) is 5.13. The van der Waals surface area contributed by atoms with Crippen molar-refractivity contribution >= 4 is 17.4 Å². The lowest BCUT2D eigenvalue weighted by Gasteiger charge is -2.24. The van der Waals surface area contributed by atoms with Gasteiger partial charge in [0.15, 0.2) is 17.2 Å². The maximum atomic E-state index is 13.1. The summed E-state index contributed by atoms with van der Waals surface area (Å²) in [6.07, 6.45) is 1.58. The van der Waals surface area contributed by atoms with E-state index in [1.54, 1.807) is 25.1 Å². The molecular weight excluding hydrogens is 364 g/mol. The highest BCUT2D eigenvalue weighted by Crippen LogP contribution is 2.31. The largest absolute Gasteiger partial charge is 0.486 e. The Hall–Kier alpha value is -3.23. The zero-order chi connectivity index (χ0) is 20.3. The Morgan fingerprint density at radius 2 is 1.93 bits per heavy atom. The zero-order valence-corrected chi connectivity index (χ0v) is 16.0. The van der Waals surface area contributed by atoms with Crippen LogP contribution in [-0.2, 0) is 6.54 Å². The van der Waals surface area contributed by atoms with Gasteiger partial charge in [0.2, 0.25) is 0 Å². The number of anilines is 2. The highest BCUT2D eigenvalue weighted by Gasteiger charge is 2.25. The quantitative estimate of drug-likeness (QED) is 0.771. The molecule has 1 aromatic carbocycles. The normalized spacial score (nSPS) is 12.6. The molecule has 0 aliphatic carbocycles. The van der Waals surface area contributed by atoms with Crippen LogP contribution >= 0.6 is 0 Å². The standard InChI is InChI=1S/C19H24N4O5/c1-3-5-8-23-16(20)15(17(24)21-19(23)26)22(4-2)18(25)12-6-7-13-14(11-12)28-10-9-27-13/h6-7,11H,3-5,8-10,20H2,1-2H3,(H,21,24,26). The van der Waals surface area contributed by atoms with E-state index in [2.05, 4.69) is 4.98 Å². The molecule has 0 saturated carbocycles. The molecular formula is C19H24N4O5. The predicted octanol–water partition coefficient (Wildman–Crippen LogP) is 1.36. The van der Waals surface area contributed by atoms with Gasteiger partial charge in [-0.3, -0.25) is 19.1 Å². The number of nitrogens with one attached hydrogen (secondary N) is 1. The van der Waals surface area contributed by atoms with Crippen molar-refractivity contribution in [1.29, 1.82) is 0 Å². The van der Waals surface area contributed by atoms with Gasteiger partial charge in [-0.25, -0.2) is 4.79 Å². The Balaban J connectivity index is 2.02. The van der Waals surface area contributed by atoms with E-state index < -0.39 is 17.2 Å². The zero-order valence-electron chi connectivity index (χ0n) is 16.0. The van der Waals surface area contributed by atoms with Crippen molar-refractivity contribution in [1.82, 2.24) is 9.55 Å². The van der Waals surface area contributed by atoms with Gasteiger partial charge in [0.1, 0.15) is 19.0 Å². The van der Waals surface area contributed by atoms with Crippen LogP contribution < -0.4 is 31.4 Å². The number of carbonyl (C=O) groups is 1. The third-order valence-corrected chi connectivity index (χ3v) is 4.57. The van der Waals surface area contributed by atoms with E-state index in [1.807, 2.05) is 6.92 Å². The molecule has 9 nitrogen and oxygen atoms in total. The average Bonchev–Trinajstić information content (AvgIpc) is 2.70. The molecule has 1 aromatic heterocycles. The minimum absolute atomic E-state index is 0.0186. The fourth-order valence-corrected chi connectivity index (χ4v) is 3.11. The Morgan fingerprint density at radius 1 is 1.21 bits per heavy atom. The molecule has 1 aliphatic rings. The predicted molar refractivity (Wildman–Crippen MR) is 105 cm³/mol. The van der Waals surface area contributed by atoms with Crippen molar-refractivity contribution in [2.24, 2.45) is 0 Å². The number of carbonyl (C=O) groups excluding carboxylic acids is 1. The number of nitrogens with zero attached hydrogens (tertiary/aromatic N) is 2. The molecule has 2 heterocycles. The summed E-state index contributed by atoms with van der Waals surface area (Å²) in [6, 6.07) is 4.85. The summed E-state index contributed by atoms with van der Waals surface area (Å²) in [4.78, 5) is 41.2. The van der Waals surface area contributed by atoms with Gasteiger partial charge in [0.05, 0.1) is 0 Å². The number of benzene rings is 1. The van der Waals surface area contributed by atoms with Crippen LogP contribution in [0.2, 0.25) is 0 Å². The summed E-state index contributed by atoms with van der Waals surface area (Å²) in [5.41, 5.74) is 5.16. The lowest BCUT2D eigenvalue weighted by atomic mass is 10.1. The monoisotopic (exact) mass is 388 g/mol. The van der Waals surface area contributed by atoms with Gasteiger partial charge in [-0.2, -0.15) is 0 Å². The highest BCUT2D eigenvalue weighted by atomic mass is 16.6. The summed E-state index contributed by atoms with van der Waals surface area (Å²) >= 11 is 0. The van der Waals surface area contributed by atoms with Crippen molar-refractivity contribution in [3.63, 3.8) is 0 Å². The number of hydrogen-bond acceptors (Lipinski definition) is 6. The molecule has 0 spiro atoms. The van der Waals surface area contributed by atoms with Gasteiger partial charge < -0.3 is 20.1 Å². The molecule has 1 aliphatic heterocycles. The van der Waals surface area contributed by atoms with Crippen molar-refractivity contribution in [3.05, 3.63) is 44.6 Å². The number of amides is 1. The van der Waals surface area contributed by atoms with Crippen molar-refractivity contribution < 1.29 is 14.3 Å². The van der Waals surface area contributed by atoms with Crippen LogP contribution in [0.25, 0.3) is 0 Å². The van der Waals surface area contributed by atoms with Gasteiger partial charge in [-0.1, -0.05) is 13.3 Å². The van der Waals surface area contributed by atoms with Gasteiger partial charge in [-0.15, -0.1) is 0 Å². The van der Waals surface area contributed by atoms with Crippen LogP contribution in [0.3, 0.4) is 0 Å². The van der Waals surface area contributed by atoms with Crippen molar-refractivity contribution in [2.75, 3.05) is 30.4 Å². The van der Waals surface area contributed by atoms with E-state index >= 15 is 0 Å². The first-order chi connectivity index (χ1) is 13.5. The second-order valence-electron chi connectivity index (χ2n) is 6.41. The molecule has 28 heavy (non-hydrogen) atoms. The summed E-state index contributed by atoms with van der Waals surface area (Å²) in [5.74, 6) is 0.603. The van der Waals surface area contributed by atoms with Gasteiger partial charge in [0.25, 0.3) is 11.5 Å². The molecule has 3 rings (SSSR count). The molecule has 0 atom stereocenters. The maximum Gasteiger partial charge on any atom is 0.330 e. The fourth-order valence-electron chi connectivity index (χ4n) is 3.11. The average molecular weight is 388 g/mol. The van der Waals surface area contributed by atoms with Crippen LogP contribution in [0.15, 0.2) is 27.8 Å². The Bertz CT molecular complexity index is 995. The smallest absolute Gasteiger partial charge is 0.330 e. The Kier molecular flexibility index (Phi) is 5.72. The fraction of sp³-hybridized carbons (Fsp3) is 0.421. The molecule has 150 valence electrons. The highest BCUT2D eigenvalue weighted by molar-refractivity contribution is 6.07. The number of aromatic nitrogens is 2. The van der Waals surface area contributed by atoms with Gasteiger partial charge in [-0.05, 0) is 31.5 Å². The number of H-pyrrole nitrogens is 1. The topological polar surface area (TPSA) is 120 Å². The number of fused-ring (bicyclic) bond motifs is 1. The minimum atomic E-state index is -0.692. The maximum absolute atomic E-state index is 13.1. The number of aromatic amines is 1. The van der Waals surface area contributed by atoms with Crippen LogP contribution in [0, 0.1) is 0 Å². The van der Waals surface area contributed by atoms with Crippen molar-refractivity contribution in [2.45, 2.75) is 33.2 Å².